The third kappa shape index (κ3) is 8.47. The van der Waals surface area contributed by atoms with Crippen LogP contribution in [0.25, 0.3) is 0 Å². The van der Waals surface area contributed by atoms with Gasteiger partial charge in [0.15, 0.2) is 0 Å². The Morgan fingerprint density at radius 3 is 2.07 bits per heavy atom. The lowest BCUT2D eigenvalue weighted by molar-refractivity contribution is 0.0985. The summed E-state index contributed by atoms with van der Waals surface area (Å²) in [6.45, 7) is 4.59. The fourth-order valence-electron chi connectivity index (χ4n) is 5.81. The molecule has 230 valence electrons. The molecule has 0 unspecified atom stereocenters. The highest BCUT2D eigenvalue weighted by molar-refractivity contribution is 7.53. The van der Waals surface area contributed by atoms with Gasteiger partial charge in [0.05, 0.1) is 25.9 Å². The van der Waals surface area contributed by atoms with E-state index in [0.717, 1.165) is 16.9 Å². The number of hydrogen-bond acceptors (Lipinski definition) is 5. The smallest absolute Gasteiger partial charge is 0.335 e. The molecule has 0 heterocycles. The molecule has 0 aliphatic heterocycles. The second-order valence-electron chi connectivity index (χ2n) is 11.2. The number of ether oxygens (including phenoxy) is 1. The van der Waals surface area contributed by atoms with Crippen molar-refractivity contribution in [2.75, 3.05) is 18.1 Å². The van der Waals surface area contributed by atoms with Gasteiger partial charge in [0.2, 0.25) is 0 Å². The van der Waals surface area contributed by atoms with Crippen LogP contribution in [0.2, 0.25) is 0 Å². The van der Waals surface area contributed by atoms with Crippen molar-refractivity contribution in [3.63, 3.8) is 0 Å². The Morgan fingerprint density at radius 1 is 0.750 bits per heavy atom. The maximum Gasteiger partial charge on any atom is 0.335 e. The monoisotopic (exact) mass is 611 g/mol. The summed E-state index contributed by atoms with van der Waals surface area (Å²) in [6, 6.07) is 33.1. The summed E-state index contributed by atoms with van der Waals surface area (Å²) in [5.41, 5.74) is 4.47. The Labute approximate surface area is 261 Å². The molecule has 1 aliphatic carbocycles. The van der Waals surface area contributed by atoms with Gasteiger partial charge in [0, 0.05) is 11.3 Å². The van der Waals surface area contributed by atoms with Crippen LogP contribution in [0.5, 0.6) is 11.5 Å². The van der Waals surface area contributed by atoms with E-state index in [9.17, 15) is 9.36 Å². The number of nitrogens with zero attached hydrogens (tertiary/aromatic N) is 1. The highest BCUT2D eigenvalue weighted by atomic mass is 31.2. The van der Waals surface area contributed by atoms with Gasteiger partial charge in [-0.3, -0.25) is 9.36 Å². The summed E-state index contributed by atoms with van der Waals surface area (Å²) in [5, 5.41) is 0. The molecular formula is C37H42NO5P. The molecule has 4 aromatic carbocycles. The molecule has 7 heteroatoms. The average molecular weight is 612 g/mol. The summed E-state index contributed by atoms with van der Waals surface area (Å²) in [4.78, 5) is 15.9. The normalized spacial score (nSPS) is 13.9. The zero-order valence-electron chi connectivity index (χ0n) is 25.7. The summed E-state index contributed by atoms with van der Waals surface area (Å²) in [5.74, 6) is 1.87. The lowest BCUT2D eigenvalue weighted by Crippen LogP contribution is -2.30. The van der Waals surface area contributed by atoms with Crippen LogP contribution in [0.15, 0.2) is 103 Å². The van der Waals surface area contributed by atoms with Crippen molar-refractivity contribution >= 4 is 19.2 Å². The fraction of sp³-hybridized carbons (Fsp3) is 0.324. The Balaban J connectivity index is 1.41. The molecule has 0 aromatic heterocycles. The van der Waals surface area contributed by atoms with Crippen molar-refractivity contribution < 1.29 is 23.1 Å². The van der Waals surface area contributed by atoms with Crippen molar-refractivity contribution in [3.8, 4) is 11.5 Å². The topological polar surface area (TPSA) is 65.1 Å². The molecule has 5 rings (SSSR count). The zero-order chi connectivity index (χ0) is 30.8. The number of anilines is 1. The molecule has 0 N–H and O–H groups in total. The first-order valence-corrected chi connectivity index (χ1v) is 17.4. The Kier molecular flexibility index (Phi) is 11.1. The quantitative estimate of drug-likeness (QED) is 0.141. The first-order chi connectivity index (χ1) is 21.5. The van der Waals surface area contributed by atoms with Gasteiger partial charge < -0.3 is 18.7 Å². The van der Waals surface area contributed by atoms with Gasteiger partial charge in [-0.25, -0.2) is 0 Å². The predicted molar refractivity (Wildman–Crippen MR) is 177 cm³/mol. The summed E-state index contributed by atoms with van der Waals surface area (Å²) in [6.07, 6.45) is 6.53. The maximum absolute atomic E-state index is 14.1. The van der Waals surface area contributed by atoms with Gasteiger partial charge in [0.25, 0.3) is 5.91 Å². The van der Waals surface area contributed by atoms with Crippen molar-refractivity contribution in [1.29, 1.82) is 0 Å². The number of carbonyl (C=O) groups is 1. The molecule has 6 nitrogen and oxygen atoms in total. The number of hydrogen-bond donors (Lipinski definition) is 0. The summed E-state index contributed by atoms with van der Waals surface area (Å²) < 4.78 is 30.3. The second kappa shape index (κ2) is 15.3. The van der Waals surface area contributed by atoms with Crippen LogP contribution in [0.3, 0.4) is 0 Å². The SMILES string of the molecule is CCOP(=O)(Cc1cccc(N(Cc2ccc(C3CCCCC3)cc2)C(=O)c2ccc(Oc3ccccc3)cc2)c1)OCC. The van der Waals surface area contributed by atoms with Gasteiger partial charge in [-0.2, -0.15) is 0 Å². The largest absolute Gasteiger partial charge is 0.457 e. The van der Waals surface area contributed by atoms with Gasteiger partial charge in [0.1, 0.15) is 11.5 Å². The van der Waals surface area contributed by atoms with E-state index in [1.165, 1.54) is 37.7 Å². The number of carbonyl (C=O) groups excluding carboxylic acids is 1. The first kappa shape index (κ1) is 31.7. The van der Waals surface area contributed by atoms with Gasteiger partial charge in [-0.1, -0.05) is 73.9 Å². The molecule has 1 aliphatic rings. The molecule has 4 aromatic rings. The molecule has 0 saturated heterocycles. The van der Waals surface area contributed by atoms with Crippen LogP contribution in [0.1, 0.15) is 78.9 Å². The van der Waals surface area contributed by atoms with E-state index in [1.54, 1.807) is 30.9 Å². The van der Waals surface area contributed by atoms with Crippen LogP contribution in [-0.4, -0.2) is 19.1 Å². The lowest BCUT2D eigenvalue weighted by atomic mass is 9.84. The van der Waals surface area contributed by atoms with Crippen molar-refractivity contribution in [1.82, 2.24) is 0 Å². The Bertz CT molecular complexity index is 1520. The molecule has 0 radical (unpaired) electrons. The van der Waals surface area contributed by atoms with Crippen LogP contribution >= 0.6 is 7.60 Å². The van der Waals surface area contributed by atoms with Crippen LogP contribution in [0.4, 0.5) is 5.69 Å². The standard InChI is InChI=1S/C37H42NO5P/c1-3-41-44(40,42-4-2)28-30-12-11-15-34(26-30)38(27-29-18-20-32(21-19-29)31-13-7-5-8-14-31)37(39)33-22-24-36(25-23-33)43-35-16-9-6-10-17-35/h6,9-12,15-26,31H,3-5,7-8,13-14,27-28H2,1-2H3. The highest BCUT2D eigenvalue weighted by Crippen LogP contribution is 2.51. The second-order valence-corrected chi connectivity index (χ2v) is 13.2. The molecule has 1 saturated carbocycles. The third-order valence-corrected chi connectivity index (χ3v) is 10.0. The third-order valence-electron chi connectivity index (χ3n) is 7.97. The van der Waals surface area contributed by atoms with E-state index in [4.69, 9.17) is 13.8 Å². The van der Waals surface area contributed by atoms with E-state index >= 15 is 0 Å². The molecule has 0 atom stereocenters. The maximum atomic E-state index is 14.1. The minimum Gasteiger partial charge on any atom is -0.457 e. The minimum absolute atomic E-state index is 0.131. The van der Waals surface area contributed by atoms with E-state index < -0.39 is 7.60 Å². The average Bonchev–Trinajstić information content (AvgIpc) is 3.05. The number of amides is 1. The Morgan fingerprint density at radius 2 is 1.41 bits per heavy atom. The molecule has 1 fully saturated rings. The van der Waals surface area contributed by atoms with E-state index in [0.29, 0.717) is 42.7 Å². The van der Waals surface area contributed by atoms with E-state index in [1.807, 2.05) is 66.7 Å². The van der Waals surface area contributed by atoms with Crippen molar-refractivity contribution in [3.05, 3.63) is 125 Å². The lowest BCUT2D eigenvalue weighted by Gasteiger charge is -2.25. The number of para-hydroxylation sites is 1. The molecule has 0 spiro atoms. The number of benzene rings is 4. The summed E-state index contributed by atoms with van der Waals surface area (Å²) in [7, 11) is -3.31. The van der Waals surface area contributed by atoms with E-state index in [2.05, 4.69) is 24.3 Å². The minimum atomic E-state index is -3.31. The van der Waals surface area contributed by atoms with Gasteiger partial charge in [-0.15, -0.1) is 0 Å². The van der Waals surface area contributed by atoms with Gasteiger partial charge in [-0.05, 0) is 97.8 Å². The molecule has 1 amide bonds. The zero-order valence-corrected chi connectivity index (χ0v) is 26.6. The molecule has 44 heavy (non-hydrogen) atoms. The molecule has 0 bridgehead atoms. The highest BCUT2D eigenvalue weighted by Gasteiger charge is 2.26. The van der Waals surface area contributed by atoms with Crippen LogP contribution in [-0.2, 0) is 26.3 Å². The van der Waals surface area contributed by atoms with Crippen LogP contribution < -0.4 is 9.64 Å². The van der Waals surface area contributed by atoms with Gasteiger partial charge >= 0.3 is 7.60 Å². The Hall–Kier alpha value is -3.70. The molecular weight excluding hydrogens is 569 g/mol. The first-order valence-electron chi connectivity index (χ1n) is 15.7. The van der Waals surface area contributed by atoms with Crippen molar-refractivity contribution in [2.24, 2.45) is 0 Å². The number of rotatable bonds is 13. The van der Waals surface area contributed by atoms with Crippen molar-refractivity contribution in [2.45, 2.75) is 64.6 Å². The fourth-order valence-corrected chi connectivity index (χ4v) is 7.50. The summed E-state index contributed by atoms with van der Waals surface area (Å²) >= 11 is 0. The van der Waals surface area contributed by atoms with Crippen LogP contribution in [0, 0.1) is 0 Å². The van der Waals surface area contributed by atoms with E-state index in [-0.39, 0.29) is 12.1 Å². The predicted octanol–water partition coefficient (Wildman–Crippen LogP) is 10.1.